The Hall–Kier alpha value is -2.52. The summed E-state index contributed by atoms with van der Waals surface area (Å²) < 4.78 is 32.2. The van der Waals surface area contributed by atoms with Crippen LogP contribution in [0.4, 0.5) is 4.39 Å². The van der Waals surface area contributed by atoms with E-state index in [1.807, 2.05) is 19.9 Å². The predicted molar refractivity (Wildman–Crippen MR) is 148 cm³/mol. The lowest BCUT2D eigenvalue weighted by molar-refractivity contribution is -0.145. The molecule has 3 atom stereocenters. The lowest BCUT2D eigenvalue weighted by Crippen LogP contribution is -2.53. The van der Waals surface area contributed by atoms with Gasteiger partial charge in [-0.25, -0.2) is 9.18 Å². The molecule has 4 fully saturated rings. The summed E-state index contributed by atoms with van der Waals surface area (Å²) in [5, 5.41) is 20.0. The van der Waals surface area contributed by atoms with Crippen LogP contribution in [-0.4, -0.2) is 33.4 Å². The highest BCUT2D eigenvalue weighted by Gasteiger charge is 2.61. The Morgan fingerprint density at radius 3 is 2.15 bits per heavy atom. The Labute approximate surface area is 230 Å². The van der Waals surface area contributed by atoms with Crippen LogP contribution in [0, 0.1) is 35.9 Å². The molecule has 4 bridgehead atoms. The lowest BCUT2D eigenvalue weighted by Gasteiger charge is -2.56. The first kappa shape index (κ1) is 28.0. The highest BCUT2D eigenvalue weighted by atomic mass is 31.1. The molecular weight excluding hydrogens is 516 g/mol. The maximum atomic E-state index is 14.0. The Bertz CT molecular complexity index is 1330. The normalized spacial score (nSPS) is 29.4. The summed E-state index contributed by atoms with van der Waals surface area (Å²) in [4.78, 5) is 17.9. The maximum Gasteiger partial charge on any atom is 0.335 e. The zero-order valence-corrected chi connectivity index (χ0v) is 24.0. The topological polar surface area (TPSA) is 96.7 Å². The van der Waals surface area contributed by atoms with E-state index in [1.165, 1.54) is 38.3 Å². The van der Waals surface area contributed by atoms with E-state index in [0.717, 1.165) is 32.1 Å². The average Bonchev–Trinajstić information content (AvgIpc) is 2.87. The van der Waals surface area contributed by atoms with Crippen LogP contribution in [0.3, 0.4) is 0 Å². The quantitative estimate of drug-likeness (QED) is 0.296. The minimum Gasteiger partial charge on any atom is -0.480 e. The van der Waals surface area contributed by atoms with Crippen molar-refractivity contribution in [3.05, 3.63) is 53.1 Å². The van der Waals surface area contributed by atoms with Crippen LogP contribution in [0.15, 0.2) is 30.3 Å². The summed E-state index contributed by atoms with van der Waals surface area (Å²) in [6.07, 6.45) is 12.7. The van der Waals surface area contributed by atoms with Gasteiger partial charge in [-0.3, -0.25) is 9.55 Å². The molecule has 0 saturated heterocycles. The second-order valence-corrected chi connectivity index (χ2v) is 14.2. The summed E-state index contributed by atoms with van der Waals surface area (Å²) in [7, 11) is -2.38. The molecular formula is C31H37FNO5P. The second-order valence-electron chi connectivity index (χ2n) is 12.4. The predicted octanol–water partition coefficient (Wildman–Crippen LogP) is 6.26. The van der Waals surface area contributed by atoms with Crippen LogP contribution in [0.2, 0.25) is 0 Å². The molecule has 6 rings (SSSR count). The second kappa shape index (κ2) is 9.84. The number of aliphatic carboxylic acids is 1. The van der Waals surface area contributed by atoms with Crippen molar-refractivity contribution in [3.63, 3.8) is 0 Å². The van der Waals surface area contributed by atoms with Crippen LogP contribution in [-0.2, 0) is 24.9 Å². The number of aromatic nitrogens is 1. The number of pyridine rings is 1. The van der Waals surface area contributed by atoms with Gasteiger partial charge in [0.15, 0.2) is 0 Å². The molecule has 1 aromatic heterocycles. The minimum absolute atomic E-state index is 0.0897. The Kier molecular flexibility index (Phi) is 7.07. The van der Waals surface area contributed by atoms with E-state index in [9.17, 15) is 24.0 Å². The Morgan fingerprint density at radius 2 is 1.72 bits per heavy atom. The summed E-state index contributed by atoms with van der Waals surface area (Å²) in [6.45, 7) is 5.14. The van der Waals surface area contributed by atoms with Gasteiger partial charge in [-0.1, -0.05) is 31.9 Å². The van der Waals surface area contributed by atoms with Crippen molar-refractivity contribution in [1.29, 1.82) is 0 Å². The van der Waals surface area contributed by atoms with E-state index in [0.29, 0.717) is 34.6 Å². The standard InChI is InChI=1S/C31H37FNO5P/c1-6-31(28(34)35,39(37)38-5)29(4,36)26-24(22-7-9-23(32)10-8-22)14-25(33-27(26)18(2)3)30-15-19-11-20(16-30)13-21(12-19)17-30/h1,7-10,14,18-21,36,39H,11-13,15-17H2,2-5H3,(H,34,35). The van der Waals surface area contributed by atoms with E-state index in [2.05, 4.69) is 5.92 Å². The van der Waals surface area contributed by atoms with Gasteiger partial charge in [0, 0.05) is 29.5 Å². The third kappa shape index (κ3) is 4.27. The van der Waals surface area contributed by atoms with Crippen molar-refractivity contribution in [2.24, 2.45) is 17.8 Å². The van der Waals surface area contributed by atoms with Gasteiger partial charge in [-0.2, -0.15) is 0 Å². The van der Waals surface area contributed by atoms with Gasteiger partial charge in [-0.05, 0) is 98.4 Å². The number of carboxylic acid groups (broad SMARTS) is 1. The minimum atomic E-state index is -3.50. The summed E-state index contributed by atoms with van der Waals surface area (Å²) >= 11 is 0. The van der Waals surface area contributed by atoms with Gasteiger partial charge < -0.3 is 14.7 Å². The van der Waals surface area contributed by atoms with Crippen LogP contribution in [0.5, 0.6) is 0 Å². The third-order valence-corrected chi connectivity index (χ3v) is 11.4. The fourth-order valence-electron chi connectivity index (χ4n) is 8.14. The van der Waals surface area contributed by atoms with Crippen LogP contribution < -0.4 is 0 Å². The van der Waals surface area contributed by atoms with Gasteiger partial charge in [0.25, 0.3) is 0 Å². The number of carboxylic acids is 1. The van der Waals surface area contributed by atoms with Crippen molar-refractivity contribution in [3.8, 4) is 23.5 Å². The number of hydrogen-bond donors (Lipinski definition) is 2. The maximum absolute atomic E-state index is 14.0. The molecule has 39 heavy (non-hydrogen) atoms. The number of carbonyl (C=O) groups is 1. The molecule has 3 unspecified atom stereocenters. The van der Waals surface area contributed by atoms with Crippen molar-refractivity contribution in [2.45, 2.75) is 81.4 Å². The molecule has 2 aromatic rings. The molecule has 1 heterocycles. The van der Waals surface area contributed by atoms with Gasteiger partial charge in [0.05, 0.1) is 0 Å². The molecule has 0 aliphatic heterocycles. The Morgan fingerprint density at radius 1 is 1.18 bits per heavy atom. The zero-order chi connectivity index (χ0) is 28.3. The number of nitrogens with zero attached hydrogens (tertiary/aromatic N) is 1. The summed E-state index contributed by atoms with van der Waals surface area (Å²) in [6, 6.07) is 7.82. The van der Waals surface area contributed by atoms with Crippen molar-refractivity contribution < 1.29 is 28.5 Å². The van der Waals surface area contributed by atoms with Crippen LogP contribution in [0.1, 0.15) is 82.2 Å². The highest BCUT2D eigenvalue weighted by molar-refractivity contribution is 7.43. The number of hydrogen-bond acceptors (Lipinski definition) is 5. The number of benzene rings is 1. The van der Waals surface area contributed by atoms with E-state index in [1.54, 1.807) is 12.1 Å². The van der Waals surface area contributed by atoms with Crippen LogP contribution >= 0.6 is 8.03 Å². The molecule has 0 spiro atoms. The Balaban J connectivity index is 1.82. The number of terminal acetylenes is 1. The molecule has 1 aromatic carbocycles. The fraction of sp³-hybridized carbons (Fsp3) is 0.548. The van der Waals surface area contributed by atoms with Crippen molar-refractivity contribution in [1.82, 2.24) is 4.98 Å². The molecule has 8 heteroatoms. The zero-order valence-electron chi connectivity index (χ0n) is 23.0. The largest absolute Gasteiger partial charge is 0.480 e. The lowest BCUT2D eigenvalue weighted by atomic mass is 9.48. The van der Waals surface area contributed by atoms with E-state index < -0.39 is 30.6 Å². The molecule has 6 nitrogen and oxygen atoms in total. The highest BCUT2D eigenvalue weighted by Crippen LogP contribution is 2.61. The van der Waals surface area contributed by atoms with E-state index in [4.69, 9.17) is 15.9 Å². The average molecular weight is 554 g/mol. The van der Waals surface area contributed by atoms with Crippen molar-refractivity contribution >= 4 is 14.0 Å². The number of aliphatic hydroxyl groups is 1. The molecule has 4 saturated carbocycles. The first-order valence-corrected chi connectivity index (χ1v) is 15.0. The van der Waals surface area contributed by atoms with Gasteiger partial charge in [-0.15, -0.1) is 6.42 Å². The molecule has 0 amide bonds. The first-order valence-electron chi connectivity index (χ1n) is 13.7. The molecule has 4 aliphatic carbocycles. The molecule has 208 valence electrons. The monoisotopic (exact) mass is 553 g/mol. The fourth-order valence-corrected chi connectivity index (χ4v) is 9.26. The van der Waals surface area contributed by atoms with Gasteiger partial charge in [0.1, 0.15) is 11.4 Å². The van der Waals surface area contributed by atoms with E-state index in [-0.39, 0.29) is 16.9 Å². The molecule has 0 radical (unpaired) electrons. The molecule has 2 N–H and O–H groups in total. The SMILES string of the molecule is C#CC(C(=O)O)([PH](=O)OC)C(C)(O)c1c(-c2ccc(F)cc2)cc(C23CC4CC(CC(C4)C2)C3)nc1C(C)C. The smallest absolute Gasteiger partial charge is 0.335 e. The molecule has 4 aliphatic rings. The van der Waals surface area contributed by atoms with Gasteiger partial charge in [0.2, 0.25) is 13.2 Å². The van der Waals surface area contributed by atoms with Gasteiger partial charge >= 0.3 is 5.97 Å². The number of rotatable bonds is 8. The number of halogens is 1. The summed E-state index contributed by atoms with van der Waals surface area (Å²) in [5.74, 6) is 1.90. The van der Waals surface area contributed by atoms with E-state index >= 15 is 0 Å². The van der Waals surface area contributed by atoms with Crippen molar-refractivity contribution in [2.75, 3.05) is 7.11 Å². The van der Waals surface area contributed by atoms with Crippen LogP contribution in [0.25, 0.3) is 11.1 Å². The summed E-state index contributed by atoms with van der Waals surface area (Å²) in [5.41, 5.74) is 0.313. The third-order valence-electron chi connectivity index (χ3n) is 9.58. The first-order chi connectivity index (χ1) is 18.4.